The van der Waals surface area contributed by atoms with Crippen LogP contribution in [0.1, 0.15) is 31.5 Å². The molecule has 0 saturated heterocycles. The Morgan fingerprint density at radius 3 is 3.06 bits per heavy atom. The Labute approximate surface area is 94.0 Å². The molecule has 0 atom stereocenters. The molecule has 1 aliphatic carbocycles. The average Bonchev–Trinajstić information content (AvgIpc) is 2.76. The molecule has 0 fully saturated rings. The Bertz CT molecular complexity index is 565. The lowest BCUT2D eigenvalue weighted by Crippen LogP contribution is -2.10. The van der Waals surface area contributed by atoms with Crippen LogP contribution in [0.4, 0.5) is 0 Å². The number of aromatic nitrogens is 4. The second kappa shape index (κ2) is 3.40. The van der Waals surface area contributed by atoms with Crippen LogP contribution in [0.2, 0.25) is 0 Å². The number of hydrogen-bond donors (Lipinski definition) is 0. The van der Waals surface area contributed by atoms with Crippen molar-refractivity contribution in [2.24, 2.45) is 5.92 Å². The van der Waals surface area contributed by atoms with Crippen LogP contribution in [-0.4, -0.2) is 19.6 Å². The van der Waals surface area contributed by atoms with Gasteiger partial charge >= 0.3 is 0 Å². The zero-order valence-corrected chi connectivity index (χ0v) is 9.51. The summed E-state index contributed by atoms with van der Waals surface area (Å²) in [5.41, 5.74) is 3.94. The van der Waals surface area contributed by atoms with Gasteiger partial charge in [-0.25, -0.2) is 4.98 Å². The second-order valence-electron chi connectivity index (χ2n) is 4.47. The summed E-state index contributed by atoms with van der Waals surface area (Å²) >= 11 is 0. The van der Waals surface area contributed by atoms with Crippen molar-refractivity contribution in [2.45, 2.75) is 26.7 Å². The quantitative estimate of drug-likeness (QED) is 0.730. The SMILES string of the molecule is CC(C)C1=CCCc2c1cnc1nncn21. The van der Waals surface area contributed by atoms with Crippen LogP contribution in [-0.2, 0) is 6.42 Å². The van der Waals surface area contributed by atoms with Crippen molar-refractivity contribution in [1.82, 2.24) is 19.6 Å². The smallest absolute Gasteiger partial charge is 0.255 e. The first kappa shape index (κ1) is 9.51. The van der Waals surface area contributed by atoms with Gasteiger partial charge in [0.25, 0.3) is 5.78 Å². The van der Waals surface area contributed by atoms with Crippen molar-refractivity contribution in [2.75, 3.05) is 0 Å². The van der Waals surface area contributed by atoms with Gasteiger partial charge in [0.2, 0.25) is 0 Å². The van der Waals surface area contributed by atoms with E-state index < -0.39 is 0 Å². The summed E-state index contributed by atoms with van der Waals surface area (Å²) in [4.78, 5) is 4.34. The van der Waals surface area contributed by atoms with Crippen molar-refractivity contribution in [1.29, 1.82) is 0 Å². The molecule has 0 bridgehead atoms. The van der Waals surface area contributed by atoms with Crippen LogP contribution in [0.25, 0.3) is 11.4 Å². The van der Waals surface area contributed by atoms with Crippen LogP contribution in [0, 0.1) is 5.92 Å². The van der Waals surface area contributed by atoms with Crippen LogP contribution in [0.5, 0.6) is 0 Å². The maximum atomic E-state index is 4.34. The fourth-order valence-electron chi connectivity index (χ4n) is 2.35. The Morgan fingerprint density at radius 1 is 1.38 bits per heavy atom. The highest BCUT2D eigenvalue weighted by molar-refractivity contribution is 5.70. The van der Waals surface area contributed by atoms with Gasteiger partial charge in [-0.3, -0.25) is 4.40 Å². The molecular weight excluding hydrogens is 200 g/mol. The molecule has 2 aromatic rings. The summed E-state index contributed by atoms with van der Waals surface area (Å²) in [6.07, 6.45) is 8.15. The number of rotatable bonds is 1. The van der Waals surface area contributed by atoms with Crippen LogP contribution in [0.3, 0.4) is 0 Å². The maximum absolute atomic E-state index is 4.34. The van der Waals surface area contributed by atoms with E-state index in [1.165, 1.54) is 16.8 Å². The average molecular weight is 214 g/mol. The minimum atomic E-state index is 0.537. The van der Waals surface area contributed by atoms with E-state index >= 15 is 0 Å². The van der Waals surface area contributed by atoms with E-state index in [2.05, 4.69) is 35.1 Å². The van der Waals surface area contributed by atoms with Gasteiger partial charge in [-0.2, -0.15) is 0 Å². The molecule has 0 aromatic carbocycles. The van der Waals surface area contributed by atoms with Gasteiger partial charge in [0.15, 0.2) is 0 Å². The third-order valence-corrected chi connectivity index (χ3v) is 3.12. The molecular formula is C12H14N4. The fraction of sp³-hybridized carbons (Fsp3) is 0.417. The minimum absolute atomic E-state index is 0.537. The van der Waals surface area contributed by atoms with Gasteiger partial charge in [0, 0.05) is 17.5 Å². The number of allylic oxidation sites excluding steroid dienone is 2. The number of fused-ring (bicyclic) bond motifs is 3. The molecule has 16 heavy (non-hydrogen) atoms. The van der Waals surface area contributed by atoms with Gasteiger partial charge in [-0.05, 0) is 24.3 Å². The molecule has 0 N–H and O–H groups in total. The molecule has 4 nitrogen and oxygen atoms in total. The zero-order valence-electron chi connectivity index (χ0n) is 9.51. The number of nitrogens with zero attached hydrogens (tertiary/aromatic N) is 4. The van der Waals surface area contributed by atoms with E-state index in [9.17, 15) is 0 Å². The fourth-order valence-corrected chi connectivity index (χ4v) is 2.35. The van der Waals surface area contributed by atoms with Gasteiger partial charge in [0.05, 0.1) is 0 Å². The third kappa shape index (κ3) is 1.26. The maximum Gasteiger partial charge on any atom is 0.255 e. The number of hydrogen-bond acceptors (Lipinski definition) is 3. The summed E-state index contributed by atoms with van der Waals surface area (Å²) in [6, 6.07) is 0. The molecule has 0 spiro atoms. The van der Waals surface area contributed by atoms with Gasteiger partial charge in [-0.15, -0.1) is 10.2 Å². The molecule has 82 valence electrons. The summed E-state index contributed by atoms with van der Waals surface area (Å²) in [7, 11) is 0. The van der Waals surface area contributed by atoms with E-state index in [0.717, 1.165) is 12.8 Å². The first-order chi connectivity index (χ1) is 7.77. The molecule has 3 rings (SSSR count). The lowest BCUT2D eigenvalue weighted by atomic mass is 9.89. The molecule has 0 saturated carbocycles. The Balaban J connectivity index is 2.27. The first-order valence-electron chi connectivity index (χ1n) is 5.65. The molecule has 2 heterocycles. The highest BCUT2D eigenvalue weighted by atomic mass is 15.3. The van der Waals surface area contributed by atoms with Crippen molar-refractivity contribution < 1.29 is 0 Å². The van der Waals surface area contributed by atoms with E-state index in [4.69, 9.17) is 0 Å². The van der Waals surface area contributed by atoms with Crippen molar-refractivity contribution >= 4 is 11.4 Å². The van der Waals surface area contributed by atoms with E-state index in [0.29, 0.717) is 11.7 Å². The standard InChI is InChI=1S/C12H14N4/c1-8(2)9-4-3-5-11-10(9)6-13-12-15-14-7-16(11)12/h4,6-8H,3,5H2,1-2H3. The lowest BCUT2D eigenvalue weighted by Gasteiger charge is -2.20. The highest BCUT2D eigenvalue weighted by Crippen LogP contribution is 2.30. The molecule has 4 heteroatoms. The summed E-state index contributed by atoms with van der Waals surface area (Å²) in [5, 5.41) is 7.89. The van der Waals surface area contributed by atoms with Crippen LogP contribution < -0.4 is 0 Å². The topological polar surface area (TPSA) is 43.1 Å². The predicted octanol–water partition coefficient (Wildman–Crippen LogP) is 2.11. The molecule has 0 radical (unpaired) electrons. The van der Waals surface area contributed by atoms with Crippen LogP contribution >= 0.6 is 0 Å². The Morgan fingerprint density at radius 2 is 2.25 bits per heavy atom. The van der Waals surface area contributed by atoms with Gasteiger partial charge in [0.1, 0.15) is 6.33 Å². The summed E-state index contributed by atoms with van der Waals surface area (Å²) < 4.78 is 2.00. The first-order valence-corrected chi connectivity index (χ1v) is 5.65. The highest BCUT2D eigenvalue weighted by Gasteiger charge is 2.18. The number of aryl methyl sites for hydroxylation is 1. The summed E-state index contributed by atoms with van der Waals surface area (Å²) in [5.74, 6) is 1.23. The second-order valence-corrected chi connectivity index (χ2v) is 4.47. The van der Waals surface area contributed by atoms with E-state index in [1.807, 2.05) is 10.6 Å². The molecule has 0 amide bonds. The van der Waals surface area contributed by atoms with Crippen molar-refractivity contribution in [3.8, 4) is 0 Å². The van der Waals surface area contributed by atoms with Gasteiger partial charge < -0.3 is 0 Å². The van der Waals surface area contributed by atoms with Crippen molar-refractivity contribution in [3.05, 3.63) is 29.9 Å². The monoisotopic (exact) mass is 214 g/mol. The van der Waals surface area contributed by atoms with E-state index in [-0.39, 0.29) is 0 Å². The van der Waals surface area contributed by atoms with E-state index in [1.54, 1.807) is 6.33 Å². The Kier molecular flexibility index (Phi) is 2.02. The summed E-state index contributed by atoms with van der Waals surface area (Å²) in [6.45, 7) is 4.44. The zero-order chi connectivity index (χ0) is 11.1. The predicted molar refractivity (Wildman–Crippen MR) is 61.9 cm³/mol. The Hall–Kier alpha value is -1.71. The third-order valence-electron chi connectivity index (χ3n) is 3.12. The molecule has 0 aliphatic heterocycles. The minimum Gasteiger partial charge on any atom is -0.269 e. The molecule has 1 aliphatic rings. The van der Waals surface area contributed by atoms with Crippen LogP contribution in [0.15, 0.2) is 18.6 Å². The molecule has 0 unspecified atom stereocenters. The normalized spacial score (nSPS) is 15.3. The largest absolute Gasteiger partial charge is 0.269 e. The van der Waals surface area contributed by atoms with Crippen molar-refractivity contribution in [3.63, 3.8) is 0 Å². The van der Waals surface area contributed by atoms with Gasteiger partial charge in [-0.1, -0.05) is 19.9 Å². The molecule has 2 aromatic heterocycles. The lowest BCUT2D eigenvalue weighted by molar-refractivity contribution is 0.802.